The number of rotatable bonds is 10. The molecular formula is C47H63N9O7S. The molecule has 16 nitrogen and oxygen atoms in total. The van der Waals surface area contributed by atoms with Crippen molar-refractivity contribution in [3.05, 3.63) is 60.1 Å². The Kier molecular flexibility index (Phi) is 14.3. The van der Waals surface area contributed by atoms with Crippen molar-refractivity contribution in [2.24, 2.45) is 22.2 Å². The van der Waals surface area contributed by atoms with E-state index in [0.29, 0.717) is 56.1 Å². The number of nitrogens with zero attached hydrogens (tertiary/aromatic N) is 7. The van der Waals surface area contributed by atoms with Crippen LogP contribution in [0.3, 0.4) is 0 Å². The molecule has 344 valence electrons. The fourth-order valence-electron chi connectivity index (χ4n) is 9.52. The van der Waals surface area contributed by atoms with Gasteiger partial charge in [-0.2, -0.15) is 0 Å². The zero-order valence-corrected chi connectivity index (χ0v) is 39.2. The molecule has 7 heterocycles. The number of methoxy groups -OCH3 is 1. The summed E-state index contributed by atoms with van der Waals surface area (Å²) in [6.45, 7) is 17.3. The largest absolute Gasteiger partial charge is 0.464 e. The van der Waals surface area contributed by atoms with E-state index < -0.39 is 47.2 Å². The third-order valence-electron chi connectivity index (χ3n) is 12.9. The van der Waals surface area contributed by atoms with Crippen molar-refractivity contribution in [3.63, 3.8) is 0 Å². The number of carbonyl (C=O) groups is 5. The number of likely N-dealkylation sites (N-methyl/N-ethyl adjacent to an activating group) is 1. The maximum Gasteiger partial charge on any atom is 0.324 e. The molecule has 6 bridgehead atoms. The predicted molar refractivity (Wildman–Crippen MR) is 246 cm³/mol. The number of aliphatic imine (C=N–C) groups is 1. The maximum atomic E-state index is 14.6. The van der Waals surface area contributed by atoms with Crippen LogP contribution in [0.25, 0.3) is 22.3 Å². The summed E-state index contributed by atoms with van der Waals surface area (Å²) in [5.41, 5.74) is 8.19. The van der Waals surface area contributed by atoms with Gasteiger partial charge < -0.3 is 29.2 Å². The van der Waals surface area contributed by atoms with Crippen LogP contribution in [0.15, 0.2) is 48.2 Å². The monoisotopic (exact) mass is 897 g/mol. The number of cyclic esters (lactones) is 1. The van der Waals surface area contributed by atoms with Crippen molar-refractivity contribution in [1.29, 1.82) is 0 Å². The van der Waals surface area contributed by atoms with E-state index in [2.05, 4.69) is 54.8 Å². The molecule has 4 aliphatic rings. The first-order valence-corrected chi connectivity index (χ1v) is 23.4. The molecule has 2 saturated heterocycles. The standard InChI is InChI=1S/C47H63N9O7S/c1-10-38(57)54-19-16-29(24-54)44(59)53(8)40(27(3)4)43(58)51-35-21-37-50-36(25-64-37)30-20-32-33(22-47(6,7)26-63-46(61)34-15-13-18-56(52-34)45(35)60)41(55(11-2)42(32)49-23-30)31-14-12-17-48-39(31)28(5)62-9/h10,12,14,17,20,23,27-29,34-36,40,52H,1,11,13,15-16,18-19,21-22,24-26H2,2-9H3,(H,51,58)/t28-,29?,34-,35-,36?,40-/m0/s1. The second-order valence-corrected chi connectivity index (χ2v) is 19.6. The molecule has 3 aromatic rings. The van der Waals surface area contributed by atoms with Gasteiger partial charge in [0.1, 0.15) is 23.8 Å². The van der Waals surface area contributed by atoms with Crippen molar-refractivity contribution in [2.75, 3.05) is 46.2 Å². The molecule has 4 amide bonds. The molecule has 2 fully saturated rings. The minimum Gasteiger partial charge on any atom is -0.464 e. The number of hydrazine groups is 1. The average molecular weight is 898 g/mol. The summed E-state index contributed by atoms with van der Waals surface area (Å²) in [6.07, 6.45) is 6.78. The Balaban J connectivity index is 1.25. The van der Waals surface area contributed by atoms with Crippen LogP contribution in [0.1, 0.15) is 96.2 Å². The highest BCUT2D eigenvalue weighted by Gasteiger charge is 2.41. The van der Waals surface area contributed by atoms with Gasteiger partial charge in [0, 0.05) is 81.3 Å². The third kappa shape index (κ3) is 9.62. The van der Waals surface area contributed by atoms with Gasteiger partial charge >= 0.3 is 5.97 Å². The first-order chi connectivity index (χ1) is 30.5. The quantitative estimate of drug-likeness (QED) is 0.206. The number of hydrogen-bond acceptors (Lipinski definition) is 12. The van der Waals surface area contributed by atoms with Crippen LogP contribution in [0.4, 0.5) is 0 Å². The van der Waals surface area contributed by atoms with Gasteiger partial charge in [0.25, 0.3) is 5.91 Å². The van der Waals surface area contributed by atoms with E-state index in [0.717, 1.165) is 39.1 Å². The van der Waals surface area contributed by atoms with Gasteiger partial charge in [0.15, 0.2) is 0 Å². The Morgan fingerprint density at radius 3 is 2.67 bits per heavy atom. The summed E-state index contributed by atoms with van der Waals surface area (Å²) < 4.78 is 14.1. The molecular weight excluding hydrogens is 835 g/mol. The number of pyridine rings is 2. The highest BCUT2D eigenvalue weighted by atomic mass is 32.2. The van der Waals surface area contributed by atoms with Gasteiger partial charge in [-0.3, -0.25) is 39.0 Å². The Hall–Kier alpha value is -5.13. The lowest BCUT2D eigenvalue weighted by molar-refractivity contribution is -0.155. The van der Waals surface area contributed by atoms with Crippen LogP contribution in [-0.4, -0.2) is 128 Å². The van der Waals surface area contributed by atoms with Gasteiger partial charge in [-0.05, 0) is 80.9 Å². The van der Waals surface area contributed by atoms with Crippen molar-refractivity contribution < 1.29 is 33.4 Å². The number of hydrogen-bond donors (Lipinski definition) is 2. The van der Waals surface area contributed by atoms with E-state index in [1.165, 1.54) is 27.7 Å². The van der Waals surface area contributed by atoms with E-state index in [4.69, 9.17) is 24.4 Å². The summed E-state index contributed by atoms with van der Waals surface area (Å²) in [5, 5.41) is 6.12. The Labute approximate surface area is 379 Å². The number of aryl methyl sites for hydroxylation is 1. The highest BCUT2D eigenvalue weighted by molar-refractivity contribution is 8.14. The van der Waals surface area contributed by atoms with Crippen molar-refractivity contribution in [1.82, 2.24) is 40.1 Å². The molecule has 0 aliphatic carbocycles. The second-order valence-electron chi connectivity index (χ2n) is 18.5. The molecule has 2 unspecified atom stereocenters. The van der Waals surface area contributed by atoms with Gasteiger partial charge in [-0.1, -0.05) is 34.3 Å². The topological polar surface area (TPSA) is 181 Å². The number of likely N-dealkylation sites (tertiary alicyclic amines) is 1. The van der Waals surface area contributed by atoms with E-state index >= 15 is 0 Å². The molecule has 0 radical (unpaired) electrons. The van der Waals surface area contributed by atoms with Crippen LogP contribution in [0.2, 0.25) is 0 Å². The molecule has 2 N–H and O–H groups in total. The lowest BCUT2D eigenvalue weighted by Gasteiger charge is -2.37. The molecule has 17 heteroatoms. The summed E-state index contributed by atoms with van der Waals surface area (Å²) in [6, 6.07) is 3.17. The number of aromatic nitrogens is 3. The van der Waals surface area contributed by atoms with E-state index in [-0.39, 0.29) is 49.5 Å². The van der Waals surface area contributed by atoms with Gasteiger partial charge in [0.2, 0.25) is 17.7 Å². The molecule has 0 saturated carbocycles. The molecule has 7 rings (SSSR count). The number of ether oxygens (including phenoxy) is 2. The van der Waals surface area contributed by atoms with E-state index in [9.17, 15) is 24.0 Å². The SMILES string of the molecule is C=CC(=O)N1CCC(C(=O)N(C)[C@H](C(=O)N[C@H]2CC3=NC(CS3)c3cnc4c(c3)c(c(-c3cccnc3[C@H](C)OC)n4CC)CC(C)(C)COC(=O)[C@@H]3CCCN(N3)C2=O)C(C)C)C1. The maximum absolute atomic E-state index is 14.6. The summed E-state index contributed by atoms with van der Waals surface area (Å²) >= 11 is 1.54. The van der Waals surface area contributed by atoms with Gasteiger partial charge in [0.05, 0.1) is 41.1 Å². The zero-order chi connectivity index (χ0) is 46.0. The van der Waals surface area contributed by atoms with Crippen molar-refractivity contribution in [2.45, 2.75) is 110 Å². The van der Waals surface area contributed by atoms with Crippen LogP contribution >= 0.6 is 11.8 Å². The zero-order valence-electron chi connectivity index (χ0n) is 38.4. The number of thioether (sulfide) groups is 1. The minimum absolute atomic E-state index is 0.107. The molecule has 64 heavy (non-hydrogen) atoms. The smallest absolute Gasteiger partial charge is 0.324 e. The molecule has 4 aliphatic heterocycles. The normalized spacial score (nSPS) is 23.6. The first kappa shape index (κ1) is 46.9. The molecule has 0 spiro atoms. The number of esters is 1. The van der Waals surface area contributed by atoms with Gasteiger partial charge in [-0.25, -0.2) is 10.4 Å². The number of fused-ring (bicyclic) bond motifs is 5. The summed E-state index contributed by atoms with van der Waals surface area (Å²) in [7, 11) is 3.28. The molecule has 3 aromatic heterocycles. The molecule has 0 aromatic carbocycles. The van der Waals surface area contributed by atoms with Crippen LogP contribution in [0.5, 0.6) is 0 Å². The average Bonchev–Trinajstić information content (AvgIpc) is 4.05. The molecule has 6 atom stereocenters. The Morgan fingerprint density at radius 2 is 1.95 bits per heavy atom. The highest BCUT2D eigenvalue weighted by Crippen LogP contribution is 2.42. The number of amides is 4. The Bertz CT molecular complexity index is 2330. The van der Waals surface area contributed by atoms with Gasteiger partial charge in [-0.15, -0.1) is 11.8 Å². The number of nitrogens with one attached hydrogen (secondary N) is 2. The van der Waals surface area contributed by atoms with E-state index in [1.807, 2.05) is 33.0 Å². The van der Waals surface area contributed by atoms with Crippen LogP contribution in [0, 0.1) is 17.3 Å². The minimum atomic E-state index is -1.06. The van der Waals surface area contributed by atoms with E-state index in [1.54, 1.807) is 25.3 Å². The lowest BCUT2D eigenvalue weighted by atomic mass is 9.84. The fourth-order valence-corrected chi connectivity index (χ4v) is 10.6. The van der Waals surface area contributed by atoms with Crippen LogP contribution in [-0.2, 0) is 46.4 Å². The fraction of sp³-hybridized carbons (Fsp3) is 0.574. The summed E-state index contributed by atoms with van der Waals surface area (Å²) in [4.78, 5) is 87.1. The number of carbonyl (C=O) groups excluding carboxylic acids is 5. The van der Waals surface area contributed by atoms with Crippen molar-refractivity contribution >= 4 is 57.4 Å². The second kappa shape index (κ2) is 19.5. The van der Waals surface area contributed by atoms with Crippen LogP contribution < -0.4 is 10.7 Å². The van der Waals surface area contributed by atoms with Crippen molar-refractivity contribution in [3.8, 4) is 11.3 Å². The lowest BCUT2D eigenvalue weighted by Crippen LogP contribution is -2.62. The summed E-state index contributed by atoms with van der Waals surface area (Å²) in [5.74, 6) is -2.00. The Morgan fingerprint density at radius 1 is 1.17 bits per heavy atom. The first-order valence-electron chi connectivity index (χ1n) is 22.5. The predicted octanol–water partition coefficient (Wildman–Crippen LogP) is 5.03. The third-order valence-corrected chi connectivity index (χ3v) is 14.0.